The van der Waals surface area contributed by atoms with Gasteiger partial charge in [0, 0.05) is 37.2 Å². The summed E-state index contributed by atoms with van der Waals surface area (Å²) in [5.74, 6) is 1.03. The molecule has 3 unspecified atom stereocenters. The summed E-state index contributed by atoms with van der Waals surface area (Å²) in [5, 5.41) is 25.1. The third-order valence-corrected chi connectivity index (χ3v) is 8.86. The van der Waals surface area contributed by atoms with E-state index in [1.54, 1.807) is 0 Å². The molecule has 0 radical (unpaired) electrons. The molecule has 2 fully saturated rings. The molecule has 3 aromatic rings. The zero-order valence-corrected chi connectivity index (χ0v) is 23.5. The Labute approximate surface area is 238 Å². The van der Waals surface area contributed by atoms with Crippen molar-refractivity contribution in [2.45, 2.75) is 76.5 Å². The standard InChI is InChI=1S/C29H34ClN7O3/c1-18-8-9-24-22(16-32-37(24)25-7-2-3-14-40-25)26(18)19-5-4-6-21-23(15-19)33-28(30)34-27(21)35-12-13-36(29(38)39)20(17-35)10-11-31/h8-9,16,19-20,25H,2-7,10,12-15,17H2,1H3,(H,38,39). The van der Waals surface area contributed by atoms with Crippen LogP contribution in [0.2, 0.25) is 5.28 Å². The summed E-state index contributed by atoms with van der Waals surface area (Å²) < 4.78 is 8.10. The van der Waals surface area contributed by atoms with Gasteiger partial charge in [-0.05, 0) is 86.6 Å². The van der Waals surface area contributed by atoms with Crippen LogP contribution >= 0.6 is 11.6 Å². The highest BCUT2D eigenvalue weighted by molar-refractivity contribution is 6.28. The number of carbonyl (C=O) groups is 1. The summed E-state index contributed by atoms with van der Waals surface area (Å²) in [6.45, 7) is 4.17. The van der Waals surface area contributed by atoms with Gasteiger partial charge in [0.15, 0.2) is 6.23 Å². The molecule has 2 aromatic heterocycles. The van der Waals surface area contributed by atoms with Crippen LogP contribution in [0, 0.1) is 18.3 Å². The molecule has 2 aliphatic heterocycles. The number of hydrogen-bond acceptors (Lipinski definition) is 7. The first kappa shape index (κ1) is 26.8. The van der Waals surface area contributed by atoms with Gasteiger partial charge in [0.05, 0.1) is 35.9 Å². The number of halogens is 1. The first-order valence-electron chi connectivity index (χ1n) is 14.2. The Hall–Kier alpha value is -3.42. The Kier molecular flexibility index (Phi) is 7.51. The fourth-order valence-electron chi connectivity index (χ4n) is 6.80. The average Bonchev–Trinajstić information content (AvgIpc) is 3.26. The molecule has 3 aliphatic rings. The first-order chi connectivity index (χ1) is 19.4. The van der Waals surface area contributed by atoms with Gasteiger partial charge in [-0.15, -0.1) is 0 Å². The fourth-order valence-corrected chi connectivity index (χ4v) is 6.98. The summed E-state index contributed by atoms with van der Waals surface area (Å²) >= 11 is 6.51. The van der Waals surface area contributed by atoms with Crippen LogP contribution in [0.1, 0.15) is 73.1 Å². The zero-order valence-electron chi connectivity index (χ0n) is 22.7. The third kappa shape index (κ3) is 4.97. The zero-order chi connectivity index (χ0) is 27.8. The maximum absolute atomic E-state index is 11.7. The number of nitrogens with zero attached hydrogens (tertiary/aromatic N) is 7. The minimum absolute atomic E-state index is 0.0165. The molecule has 0 spiro atoms. The molecule has 0 saturated carbocycles. The summed E-state index contributed by atoms with van der Waals surface area (Å²) in [7, 11) is 0. The van der Waals surface area contributed by atoms with Crippen molar-refractivity contribution in [2.24, 2.45) is 0 Å². The van der Waals surface area contributed by atoms with Crippen molar-refractivity contribution < 1.29 is 14.6 Å². The van der Waals surface area contributed by atoms with Crippen LogP contribution in [-0.4, -0.2) is 68.1 Å². The van der Waals surface area contributed by atoms with Crippen LogP contribution in [-0.2, 0) is 17.6 Å². The van der Waals surface area contributed by atoms with Crippen LogP contribution < -0.4 is 4.90 Å². The topological polar surface area (TPSA) is 120 Å². The van der Waals surface area contributed by atoms with Crippen LogP contribution in [0.5, 0.6) is 0 Å². The molecule has 1 aliphatic carbocycles. The SMILES string of the molecule is Cc1ccc2c(cnn2C2CCCCO2)c1C1CCCc2c(nc(Cl)nc2N2CCN(C(=O)O)C(CC#N)C2)C1. The lowest BCUT2D eigenvalue weighted by Gasteiger charge is -2.40. The molecule has 40 heavy (non-hydrogen) atoms. The highest BCUT2D eigenvalue weighted by Gasteiger charge is 2.34. The third-order valence-electron chi connectivity index (χ3n) is 8.69. The molecule has 1 aromatic carbocycles. The van der Waals surface area contributed by atoms with E-state index in [1.165, 1.54) is 21.4 Å². The second kappa shape index (κ2) is 11.2. The van der Waals surface area contributed by atoms with Gasteiger partial charge in [-0.1, -0.05) is 6.07 Å². The van der Waals surface area contributed by atoms with E-state index in [0.717, 1.165) is 74.1 Å². The Morgan fingerprint density at radius 1 is 1.23 bits per heavy atom. The second-order valence-corrected chi connectivity index (χ2v) is 11.5. The number of amides is 1. The summed E-state index contributed by atoms with van der Waals surface area (Å²) in [4.78, 5) is 24.6. The number of fused-ring (bicyclic) bond motifs is 2. The molecule has 3 atom stereocenters. The molecule has 1 amide bonds. The van der Waals surface area contributed by atoms with Crippen molar-refractivity contribution in [3.05, 3.63) is 46.0 Å². The molecular weight excluding hydrogens is 530 g/mol. The van der Waals surface area contributed by atoms with E-state index < -0.39 is 12.1 Å². The second-order valence-electron chi connectivity index (χ2n) is 11.1. The summed E-state index contributed by atoms with van der Waals surface area (Å²) in [6.07, 6.45) is 7.89. The van der Waals surface area contributed by atoms with Gasteiger partial charge < -0.3 is 19.6 Å². The Balaban J connectivity index is 1.33. The van der Waals surface area contributed by atoms with Gasteiger partial charge in [0.2, 0.25) is 5.28 Å². The molecule has 0 bridgehead atoms. The monoisotopic (exact) mass is 563 g/mol. The Morgan fingerprint density at radius 3 is 2.88 bits per heavy atom. The van der Waals surface area contributed by atoms with Crippen molar-refractivity contribution in [1.29, 1.82) is 5.26 Å². The summed E-state index contributed by atoms with van der Waals surface area (Å²) in [6, 6.07) is 6.08. The summed E-state index contributed by atoms with van der Waals surface area (Å²) in [5.41, 5.74) is 5.71. The number of aromatic nitrogens is 4. The predicted octanol–water partition coefficient (Wildman–Crippen LogP) is 5.23. The molecule has 1 N–H and O–H groups in total. The molecule has 6 rings (SSSR count). The highest BCUT2D eigenvalue weighted by Crippen LogP contribution is 2.40. The molecule has 210 valence electrons. The lowest BCUT2D eigenvalue weighted by molar-refractivity contribution is -0.0366. The smallest absolute Gasteiger partial charge is 0.407 e. The fraction of sp³-hybridized carbons (Fsp3) is 0.552. The number of ether oxygens (including phenoxy) is 1. The number of piperazine rings is 1. The number of anilines is 1. The molecule has 11 heteroatoms. The lowest BCUT2D eigenvalue weighted by atomic mass is 9.86. The number of hydrogen-bond donors (Lipinski definition) is 1. The largest absolute Gasteiger partial charge is 0.465 e. The van der Waals surface area contributed by atoms with Crippen molar-refractivity contribution in [3.63, 3.8) is 0 Å². The van der Waals surface area contributed by atoms with E-state index in [2.05, 4.69) is 35.0 Å². The average molecular weight is 564 g/mol. The van der Waals surface area contributed by atoms with E-state index in [4.69, 9.17) is 26.4 Å². The Bertz CT molecular complexity index is 1460. The van der Waals surface area contributed by atoms with E-state index in [-0.39, 0.29) is 23.9 Å². The number of carboxylic acid groups (broad SMARTS) is 1. The number of rotatable bonds is 4. The van der Waals surface area contributed by atoms with Crippen LogP contribution in [0.25, 0.3) is 10.9 Å². The van der Waals surface area contributed by atoms with Gasteiger partial charge in [-0.2, -0.15) is 10.4 Å². The number of aryl methyl sites for hydroxylation is 1. The minimum Gasteiger partial charge on any atom is -0.465 e. The van der Waals surface area contributed by atoms with Gasteiger partial charge in [-0.25, -0.2) is 19.4 Å². The lowest BCUT2D eigenvalue weighted by Crippen LogP contribution is -2.55. The Morgan fingerprint density at radius 2 is 2.10 bits per heavy atom. The van der Waals surface area contributed by atoms with Gasteiger partial charge in [-0.3, -0.25) is 0 Å². The van der Waals surface area contributed by atoms with Gasteiger partial charge in [0.25, 0.3) is 0 Å². The van der Waals surface area contributed by atoms with Gasteiger partial charge in [0.1, 0.15) is 5.82 Å². The van der Waals surface area contributed by atoms with E-state index in [0.29, 0.717) is 19.6 Å². The number of nitriles is 1. The van der Waals surface area contributed by atoms with Crippen molar-refractivity contribution in [1.82, 2.24) is 24.6 Å². The normalized spacial score (nSPS) is 23.5. The van der Waals surface area contributed by atoms with E-state index in [1.807, 2.05) is 10.9 Å². The molecule has 10 nitrogen and oxygen atoms in total. The maximum Gasteiger partial charge on any atom is 0.407 e. The van der Waals surface area contributed by atoms with Crippen LogP contribution in [0.4, 0.5) is 10.6 Å². The van der Waals surface area contributed by atoms with Crippen molar-refractivity contribution >= 4 is 34.4 Å². The van der Waals surface area contributed by atoms with Gasteiger partial charge >= 0.3 is 6.09 Å². The van der Waals surface area contributed by atoms with E-state index in [9.17, 15) is 15.2 Å². The van der Waals surface area contributed by atoms with Crippen LogP contribution in [0.15, 0.2) is 18.3 Å². The maximum atomic E-state index is 11.7. The predicted molar refractivity (Wildman–Crippen MR) is 151 cm³/mol. The van der Waals surface area contributed by atoms with Crippen LogP contribution in [0.3, 0.4) is 0 Å². The molecule has 2 saturated heterocycles. The quantitative estimate of drug-likeness (QED) is 0.338. The van der Waals surface area contributed by atoms with Crippen molar-refractivity contribution in [2.75, 3.05) is 31.1 Å². The first-order valence-corrected chi connectivity index (χ1v) is 14.6. The van der Waals surface area contributed by atoms with E-state index >= 15 is 0 Å². The molecule has 4 heterocycles. The van der Waals surface area contributed by atoms with Crippen molar-refractivity contribution in [3.8, 4) is 6.07 Å². The number of benzene rings is 1. The highest BCUT2D eigenvalue weighted by atomic mass is 35.5. The minimum atomic E-state index is -0.995. The molecular formula is C29H34ClN7O3.